The number of halogens is 7. The summed E-state index contributed by atoms with van der Waals surface area (Å²) in [6, 6.07) is 16.2. The van der Waals surface area contributed by atoms with Gasteiger partial charge in [-0.2, -0.15) is 27.2 Å². The number of hydrogen-bond acceptors (Lipinski definition) is 6. The Labute approximate surface area is 287 Å². The monoisotopic (exact) mass is 726 g/mol. The van der Waals surface area contributed by atoms with Crippen LogP contribution in [0.25, 0.3) is 0 Å². The molecular formula is C33H29Cl2F5N4O5. The Hall–Kier alpha value is -4.74. The third-order valence-corrected chi connectivity index (χ3v) is 7.31. The molecule has 260 valence electrons. The molecule has 0 aliphatic heterocycles. The largest absolute Gasteiger partial charge is 0.480 e. The number of carbonyl (C=O) groups is 4. The summed E-state index contributed by atoms with van der Waals surface area (Å²) in [5.74, 6) is -12.7. The van der Waals surface area contributed by atoms with E-state index < -0.39 is 66.3 Å². The first kappa shape index (κ1) is 38.7. The van der Waals surface area contributed by atoms with Crippen LogP contribution in [0.15, 0.2) is 72.8 Å². The van der Waals surface area contributed by atoms with Gasteiger partial charge in [0.2, 0.25) is 11.7 Å². The van der Waals surface area contributed by atoms with Crippen LogP contribution in [-0.4, -0.2) is 54.3 Å². The molecule has 0 bridgehead atoms. The van der Waals surface area contributed by atoms with E-state index in [0.717, 1.165) is 5.32 Å². The predicted octanol–water partition coefficient (Wildman–Crippen LogP) is 5.74. The van der Waals surface area contributed by atoms with E-state index in [0.29, 0.717) is 10.6 Å². The zero-order chi connectivity index (χ0) is 36.5. The first-order valence-corrected chi connectivity index (χ1v) is 15.2. The highest BCUT2D eigenvalue weighted by molar-refractivity contribution is 6.31. The zero-order valence-electron chi connectivity index (χ0n) is 25.8. The molecule has 3 unspecified atom stereocenters. The van der Waals surface area contributed by atoms with E-state index in [2.05, 4.69) is 10.6 Å². The van der Waals surface area contributed by atoms with Crippen LogP contribution in [0.1, 0.15) is 36.6 Å². The summed E-state index contributed by atoms with van der Waals surface area (Å²) in [6.07, 6.45) is -6.54. The predicted molar refractivity (Wildman–Crippen MR) is 169 cm³/mol. The minimum atomic E-state index is -5.03. The molecule has 0 spiro atoms. The van der Waals surface area contributed by atoms with Crippen molar-refractivity contribution >= 4 is 46.7 Å². The van der Waals surface area contributed by atoms with Crippen molar-refractivity contribution in [3.8, 4) is 11.8 Å². The Balaban J connectivity index is 1.94. The average molecular weight is 728 g/mol. The van der Waals surface area contributed by atoms with E-state index in [1.807, 2.05) is 6.07 Å². The van der Waals surface area contributed by atoms with E-state index in [1.165, 1.54) is 56.3 Å². The normalized spacial score (nSPS) is 13.4. The first-order chi connectivity index (χ1) is 22.9. The number of alkyl halides is 5. The molecule has 3 rings (SSSR count). The van der Waals surface area contributed by atoms with Crippen molar-refractivity contribution in [2.75, 3.05) is 6.54 Å². The van der Waals surface area contributed by atoms with Crippen molar-refractivity contribution in [2.24, 2.45) is 5.92 Å². The summed E-state index contributed by atoms with van der Waals surface area (Å²) in [7, 11) is 0. The molecule has 3 aromatic rings. The summed E-state index contributed by atoms with van der Waals surface area (Å²) >= 11 is 12.2. The number of amides is 3. The number of rotatable bonds is 14. The average Bonchev–Trinajstić information content (AvgIpc) is 3.03. The number of Topliss-reactive ketones (excluding diaryl/α,β-unsaturated/α-hetero) is 1. The maximum atomic E-state index is 14.8. The fourth-order valence-corrected chi connectivity index (χ4v) is 4.91. The third-order valence-electron chi connectivity index (χ3n) is 6.85. The second kappa shape index (κ2) is 16.6. The number of hydrogen-bond donors (Lipinski definition) is 3. The van der Waals surface area contributed by atoms with Gasteiger partial charge in [-0.05, 0) is 47.4 Å². The Kier molecular flexibility index (Phi) is 13.1. The molecule has 16 heteroatoms. The molecule has 0 aromatic heterocycles. The number of nitrogens with zero attached hydrogens (tertiary/aromatic N) is 1. The molecule has 0 saturated heterocycles. The van der Waals surface area contributed by atoms with Gasteiger partial charge in [-0.15, -0.1) is 0 Å². The highest BCUT2D eigenvalue weighted by Gasteiger charge is 2.52. The maximum absolute atomic E-state index is 14.8. The molecule has 49 heavy (non-hydrogen) atoms. The number of nitrogens with one attached hydrogen (secondary N) is 3. The van der Waals surface area contributed by atoms with Crippen molar-refractivity contribution in [1.29, 1.82) is 5.26 Å². The van der Waals surface area contributed by atoms with Crippen molar-refractivity contribution in [3.05, 3.63) is 99.5 Å². The number of benzene rings is 3. The van der Waals surface area contributed by atoms with Gasteiger partial charge in [-0.25, -0.2) is 0 Å². The smallest absolute Gasteiger partial charge is 0.405 e. The summed E-state index contributed by atoms with van der Waals surface area (Å²) < 4.78 is 73.1. The fraction of sp³-hybridized carbons (Fsp3) is 0.303. The van der Waals surface area contributed by atoms with Gasteiger partial charge in [0.05, 0.1) is 17.7 Å². The number of ether oxygens (including phenoxy) is 1. The van der Waals surface area contributed by atoms with Crippen LogP contribution in [0.4, 0.5) is 22.0 Å². The molecule has 3 atom stereocenters. The van der Waals surface area contributed by atoms with Crippen LogP contribution in [0.2, 0.25) is 10.0 Å². The van der Waals surface area contributed by atoms with Crippen molar-refractivity contribution in [2.45, 2.75) is 50.6 Å². The third kappa shape index (κ3) is 11.2. The number of nitriles is 1. The molecule has 0 fully saturated rings. The lowest BCUT2D eigenvalue weighted by Gasteiger charge is -2.28. The molecule has 0 heterocycles. The molecule has 0 radical (unpaired) electrons. The standard InChI is InChI=1S/C33H29Cl2F5N4O5/c1-18(2)26(28(45)33(39,40)31(48)42-17-32(36,37)38)43-30(47)27(21-8-4-3-5-9-21)44-29(46)25(14-19-7-6-10-22(34)11-19)49-24-13-20(16-41)12-23(35)15-24/h3-13,15,18,25-27H,14,17H2,1-2H3,(H,42,48)(H,43,47)(H,44,46). The van der Waals surface area contributed by atoms with Gasteiger partial charge in [0.15, 0.2) is 6.10 Å². The summed E-state index contributed by atoms with van der Waals surface area (Å²) in [6.45, 7) is 0.414. The molecule has 0 saturated carbocycles. The second-order valence-electron chi connectivity index (χ2n) is 11.0. The van der Waals surface area contributed by atoms with Gasteiger partial charge in [0, 0.05) is 16.5 Å². The van der Waals surface area contributed by atoms with E-state index in [9.17, 15) is 46.4 Å². The molecule has 9 nitrogen and oxygen atoms in total. The number of carbonyl (C=O) groups excluding carboxylic acids is 4. The summed E-state index contributed by atoms with van der Waals surface area (Å²) in [5, 5.41) is 15.4. The highest BCUT2D eigenvalue weighted by atomic mass is 35.5. The van der Waals surface area contributed by atoms with E-state index >= 15 is 0 Å². The van der Waals surface area contributed by atoms with Crippen LogP contribution in [-0.2, 0) is 25.6 Å². The molecule has 0 aliphatic rings. The van der Waals surface area contributed by atoms with Crippen LogP contribution in [0.5, 0.6) is 5.75 Å². The van der Waals surface area contributed by atoms with Crippen molar-refractivity contribution < 1.29 is 45.9 Å². The Bertz CT molecular complexity index is 1720. The lowest BCUT2D eigenvalue weighted by Crippen LogP contribution is -2.58. The molecule has 3 aromatic carbocycles. The van der Waals surface area contributed by atoms with Crippen LogP contribution in [0.3, 0.4) is 0 Å². The Morgan fingerprint density at radius 1 is 0.857 bits per heavy atom. The van der Waals surface area contributed by atoms with E-state index in [1.54, 1.807) is 30.3 Å². The van der Waals surface area contributed by atoms with Gasteiger partial charge in [-0.1, -0.05) is 79.5 Å². The quantitative estimate of drug-likeness (QED) is 0.143. The van der Waals surface area contributed by atoms with Crippen molar-refractivity contribution in [3.63, 3.8) is 0 Å². The lowest BCUT2D eigenvalue weighted by molar-refractivity contribution is -0.165. The SMILES string of the molecule is CC(C)C(NC(=O)C(NC(=O)C(Cc1cccc(Cl)c1)Oc1cc(Cl)cc(C#N)c1)c1ccccc1)C(=O)C(F)(F)C(=O)NCC(F)(F)F. The number of ketones is 1. The van der Waals surface area contributed by atoms with Crippen LogP contribution in [0, 0.1) is 17.2 Å². The van der Waals surface area contributed by atoms with Gasteiger partial charge in [0.1, 0.15) is 18.3 Å². The van der Waals surface area contributed by atoms with Gasteiger partial charge < -0.3 is 20.7 Å². The minimum Gasteiger partial charge on any atom is -0.480 e. The van der Waals surface area contributed by atoms with E-state index in [4.69, 9.17) is 27.9 Å². The van der Waals surface area contributed by atoms with Gasteiger partial charge in [0.25, 0.3) is 11.8 Å². The van der Waals surface area contributed by atoms with Crippen LogP contribution < -0.4 is 20.7 Å². The molecule has 3 N–H and O–H groups in total. The molecular weight excluding hydrogens is 698 g/mol. The van der Waals surface area contributed by atoms with Crippen molar-refractivity contribution in [1.82, 2.24) is 16.0 Å². The summed E-state index contributed by atoms with van der Waals surface area (Å²) in [5.41, 5.74) is 0.806. The minimum absolute atomic E-state index is 0.0310. The highest BCUT2D eigenvalue weighted by Crippen LogP contribution is 2.25. The van der Waals surface area contributed by atoms with E-state index in [-0.39, 0.29) is 28.3 Å². The van der Waals surface area contributed by atoms with Gasteiger partial charge in [-0.3, -0.25) is 19.2 Å². The molecule has 3 amide bonds. The maximum Gasteiger partial charge on any atom is 0.405 e. The fourth-order valence-electron chi connectivity index (χ4n) is 4.48. The first-order valence-electron chi connectivity index (χ1n) is 14.5. The lowest BCUT2D eigenvalue weighted by atomic mass is 9.94. The second-order valence-corrected chi connectivity index (χ2v) is 11.9. The Morgan fingerprint density at radius 2 is 1.53 bits per heavy atom. The summed E-state index contributed by atoms with van der Waals surface area (Å²) in [4.78, 5) is 52.3. The van der Waals surface area contributed by atoms with Gasteiger partial charge >= 0.3 is 12.1 Å². The Morgan fingerprint density at radius 3 is 2.12 bits per heavy atom. The van der Waals surface area contributed by atoms with Crippen LogP contribution >= 0.6 is 23.2 Å². The zero-order valence-corrected chi connectivity index (χ0v) is 27.3. The topological polar surface area (TPSA) is 137 Å². The molecule has 0 aliphatic carbocycles.